The normalized spacial score (nSPS) is 12.1. The molecule has 32 heavy (non-hydrogen) atoms. The average molecular weight is 436 g/mol. The summed E-state index contributed by atoms with van der Waals surface area (Å²) in [4.78, 5) is 4.25. The van der Waals surface area contributed by atoms with Crippen LogP contribution in [0.15, 0.2) is 73.5 Å². The van der Waals surface area contributed by atoms with E-state index in [1.807, 2.05) is 18.2 Å². The molecule has 1 aromatic heterocycles. The Morgan fingerprint density at radius 2 is 1.72 bits per heavy atom. The zero-order valence-electron chi connectivity index (χ0n) is 18.1. The topological polar surface area (TPSA) is 42.4 Å². The van der Waals surface area contributed by atoms with Crippen LogP contribution in [0, 0.1) is 11.6 Å². The number of benzene rings is 2. The van der Waals surface area contributed by atoms with Crippen molar-refractivity contribution < 1.29 is 18.6 Å². The number of rotatable bonds is 10. The number of aliphatic hydroxyl groups excluding tert-OH is 1. The van der Waals surface area contributed by atoms with Gasteiger partial charge in [-0.15, -0.1) is 0 Å². The minimum atomic E-state index is -0.866. The van der Waals surface area contributed by atoms with Gasteiger partial charge in [-0.1, -0.05) is 61.2 Å². The molecule has 0 saturated heterocycles. The van der Waals surface area contributed by atoms with Gasteiger partial charge >= 0.3 is 0 Å². The number of aromatic nitrogens is 1. The number of aliphatic hydroxyl groups is 1. The number of hydrogen-bond donors (Lipinski definition) is 1. The molecule has 0 spiro atoms. The quantitative estimate of drug-likeness (QED) is 0.281. The summed E-state index contributed by atoms with van der Waals surface area (Å²) in [6.45, 7) is 5.72. The van der Waals surface area contributed by atoms with Crippen molar-refractivity contribution in [1.82, 2.24) is 4.98 Å². The number of halogens is 2. The van der Waals surface area contributed by atoms with Gasteiger partial charge in [0, 0.05) is 29.0 Å². The number of nitrogens with zero attached hydrogens (tertiary/aromatic N) is 1. The van der Waals surface area contributed by atoms with Gasteiger partial charge in [0.25, 0.3) is 0 Å². The van der Waals surface area contributed by atoms with E-state index in [2.05, 4.69) is 11.6 Å². The molecule has 0 saturated carbocycles. The van der Waals surface area contributed by atoms with E-state index in [-0.39, 0.29) is 17.2 Å². The van der Waals surface area contributed by atoms with Crippen LogP contribution in [0.4, 0.5) is 8.78 Å². The lowest BCUT2D eigenvalue weighted by atomic mass is 9.99. The molecule has 1 unspecified atom stereocenters. The van der Waals surface area contributed by atoms with Crippen LogP contribution in [-0.4, -0.2) is 22.8 Å². The maximum atomic E-state index is 14.7. The Labute approximate surface area is 187 Å². The van der Waals surface area contributed by atoms with Crippen molar-refractivity contribution in [2.24, 2.45) is 0 Å². The molecule has 3 nitrogen and oxygen atoms in total. The fraction of sp³-hybridized carbons (Fsp3) is 0.222. The van der Waals surface area contributed by atoms with Crippen LogP contribution < -0.4 is 4.74 Å². The smallest absolute Gasteiger partial charge is 0.213 e. The van der Waals surface area contributed by atoms with Gasteiger partial charge in [0.05, 0.1) is 6.10 Å². The fourth-order valence-electron chi connectivity index (χ4n) is 3.28. The highest BCUT2D eigenvalue weighted by Gasteiger charge is 2.13. The lowest BCUT2D eigenvalue weighted by Gasteiger charge is -2.09. The van der Waals surface area contributed by atoms with Crippen LogP contribution in [-0.2, 0) is 0 Å². The van der Waals surface area contributed by atoms with Crippen molar-refractivity contribution in [2.45, 2.75) is 32.3 Å². The van der Waals surface area contributed by atoms with Gasteiger partial charge in [0.2, 0.25) is 5.88 Å². The highest BCUT2D eigenvalue weighted by atomic mass is 19.2. The molecule has 0 fully saturated rings. The molecule has 0 radical (unpaired) electrons. The molecule has 0 aliphatic heterocycles. The second-order valence-electron chi connectivity index (χ2n) is 7.57. The summed E-state index contributed by atoms with van der Waals surface area (Å²) in [7, 11) is 0. The highest BCUT2D eigenvalue weighted by Crippen LogP contribution is 2.29. The minimum Gasteiger partial charge on any atom is -0.473 e. The number of hydrogen-bond acceptors (Lipinski definition) is 3. The fourth-order valence-corrected chi connectivity index (χ4v) is 3.28. The van der Waals surface area contributed by atoms with E-state index >= 15 is 0 Å². The van der Waals surface area contributed by atoms with E-state index in [0.29, 0.717) is 30.9 Å². The van der Waals surface area contributed by atoms with Crippen molar-refractivity contribution in [3.8, 4) is 28.1 Å². The predicted octanol–water partition coefficient (Wildman–Crippen LogP) is 6.82. The summed E-state index contributed by atoms with van der Waals surface area (Å²) in [6.07, 6.45) is 8.57. The minimum absolute atomic E-state index is 0.213. The van der Waals surface area contributed by atoms with Gasteiger partial charge in [-0.2, -0.15) is 0 Å². The van der Waals surface area contributed by atoms with Crippen LogP contribution in [0.3, 0.4) is 0 Å². The first-order valence-electron chi connectivity index (χ1n) is 10.6. The second kappa shape index (κ2) is 11.3. The number of allylic oxidation sites excluding steroid dienone is 1. The summed E-state index contributed by atoms with van der Waals surface area (Å²) in [5.74, 6) is -1.22. The zero-order chi connectivity index (χ0) is 22.9. The van der Waals surface area contributed by atoms with Crippen LogP contribution >= 0.6 is 0 Å². The first-order valence-corrected chi connectivity index (χ1v) is 10.6. The van der Waals surface area contributed by atoms with Crippen LogP contribution in [0.25, 0.3) is 28.3 Å². The molecule has 0 bridgehead atoms. The standard InChI is InChI=1S/C27H27F2NO2/c1-3-17-32-25-16-14-23(18-30-25)20-9-11-21(12-10-20)24-15-13-22(26(28)27(24)29)8-6-4-5-7-19(2)31/h3,6,8-16,18-19,31H,1,4-5,7,17H2,2H3/b8-6+. The molecule has 1 heterocycles. The van der Waals surface area contributed by atoms with E-state index in [1.165, 1.54) is 0 Å². The lowest BCUT2D eigenvalue weighted by molar-refractivity contribution is 0.182. The molecule has 3 aromatic rings. The van der Waals surface area contributed by atoms with Crippen LogP contribution in [0.5, 0.6) is 5.88 Å². The molecule has 0 aliphatic carbocycles. The summed E-state index contributed by atoms with van der Waals surface area (Å²) < 4.78 is 34.7. The molecule has 0 aliphatic rings. The molecule has 166 valence electrons. The van der Waals surface area contributed by atoms with Gasteiger partial charge in [0.15, 0.2) is 11.6 Å². The Hall–Kier alpha value is -3.31. The Kier molecular flexibility index (Phi) is 8.28. The van der Waals surface area contributed by atoms with Gasteiger partial charge in [-0.05, 0) is 43.4 Å². The Morgan fingerprint density at radius 1 is 1.00 bits per heavy atom. The van der Waals surface area contributed by atoms with Crippen LogP contribution in [0.1, 0.15) is 31.7 Å². The first-order chi connectivity index (χ1) is 15.5. The summed E-state index contributed by atoms with van der Waals surface area (Å²) in [5, 5.41) is 9.26. The maximum absolute atomic E-state index is 14.7. The second-order valence-corrected chi connectivity index (χ2v) is 7.57. The maximum Gasteiger partial charge on any atom is 0.213 e. The number of ether oxygens (including phenoxy) is 1. The van der Waals surface area contributed by atoms with E-state index in [9.17, 15) is 13.9 Å². The third-order valence-corrected chi connectivity index (χ3v) is 5.02. The van der Waals surface area contributed by atoms with E-state index in [4.69, 9.17) is 4.74 Å². The molecule has 2 aromatic carbocycles. The van der Waals surface area contributed by atoms with Gasteiger partial charge in [0.1, 0.15) is 6.61 Å². The van der Waals surface area contributed by atoms with Crippen molar-refractivity contribution in [1.29, 1.82) is 0 Å². The largest absolute Gasteiger partial charge is 0.473 e. The Balaban J connectivity index is 1.72. The van der Waals surface area contributed by atoms with Gasteiger partial charge < -0.3 is 9.84 Å². The summed E-state index contributed by atoms with van der Waals surface area (Å²) in [5.41, 5.74) is 2.83. The molecule has 1 N–H and O–H groups in total. The van der Waals surface area contributed by atoms with Crippen molar-refractivity contribution >= 4 is 6.08 Å². The van der Waals surface area contributed by atoms with Crippen molar-refractivity contribution in [2.75, 3.05) is 6.61 Å². The Morgan fingerprint density at radius 3 is 2.38 bits per heavy atom. The Bertz CT molecular complexity index is 1060. The average Bonchev–Trinajstić information content (AvgIpc) is 2.80. The molecule has 5 heteroatoms. The van der Waals surface area contributed by atoms with E-state index < -0.39 is 11.6 Å². The zero-order valence-corrected chi connectivity index (χ0v) is 18.1. The monoisotopic (exact) mass is 435 g/mol. The third-order valence-electron chi connectivity index (χ3n) is 5.02. The van der Waals surface area contributed by atoms with Crippen molar-refractivity contribution in [3.63, 3.8) is 0 Å². The van der Waals surface area contributed by atoms with Gasteiger partial charge in [-0.3, -0.25) is 0 Å². The first kappa shape index (κ1) is 23.4. The third kappa shape index (κ3) is 6.11. The molecular weight excluding hydrogens is 408 g/mol. The number of pyridine rings is 1. The predicted molar refractivity (Wildman–Crippen MR) is 125 cm³/mol. The molecule has 1 atom stereocenters. The van der Waals surface area contributed by atoms with E-state index in [1.54, 1.807) is 61.7 Å². The van der Waals surface area contributed by atoms with Gasteiger partial charge in [-0.25, -0.2) is 13.8 Å². The molecule has 0 amide bonds. The summed E-state index contributed by atoms with van der Waals surface area (Å²) >= 11 is 0. The summed E-state index contributed by atoms with van der Waals surface area (Å²) in [6, 6.07) is 14.1. The lowest BCUT2D eigenvalue weighted by Crippen LogP contribution is -1.97. The highest BCUT2D eigenvalue weighted by molar-refractivity contribution is 5.71. The van der Waals surface area contributed by atoms with Crippen LogP contribution in [0.2, 0.25) is 0 Å². The van der Waals surface area contributed by atoms with E-state index in [0.717, 1.165) is 17.5 Å². The molecule has 3 rings (SSSR count). The number of unbranched alkanes of at least 4 members (excludes halogenated alkanes) is 1. The van der Waals surface area contributed by atoms with Crippen molar-refractivity contribution in [3.05, 3.63) is 90.7 Å². The SMILES string of the molecule is C=CCOc1ccc(-c2ccc(-c3ccc(/C=C/CCCC(C)O)c(F)c3F)cc2)cn1. The molecular formula is C27H27F2NO2.